The molecule has 2 heteroatoms. The van der Waals surface area contributed by atoms with Gasteiger partial charge in [-0.3, -0.25) is 0 Å². The molecule has 258 valence electrons. The van der Waals surface area contributed by atoms with Crippen molar-refractivity contribution < 1.29 is 0 Å². The fourth-order valence-electron chi connectivity index (χ4n) is 6.88. The lowest BCUT2D eigenvalue weighted by Crippen LogP contribution is -2.10. The van der Waals surface area contributed by atoms with Crippen molar-refractivity contribution in [2.45, 2.75) is 53.4 Å². The Hall–Kier alpha value is -5.86. The molecule has 7 rings (SSSR count). The zero-order chi connectivity index (χ0) is 35.9. The lowest BCUT2D eigenvalue weighted by Gasteiger charge is -2.26. The highest BCUT2D eigenvalue weighted by molar-refractivity contribution is 5.81. The summed E-state index contributed by atoms with van der Waals surface area (Å²) in [6.45, 7) is 8.80. The van der Waals surface area contributed by atoms with Crippen molar-refractivity contribution in [3.63, 3.8) is 0 Å². The topological polar surface area (TPSA) is 6.48 Å². The third-order valence-corrected chi connectivity index (χ3v) is 10.2. The Morgan fingerprint density at radius 2 is 0.385 bits per heavy atom. The standard InChI is InChI=1S/C50H48N2/c1-5-37-9-25-45(26-10-37)51(46-27-11-38(6-2)12-28-46)49-33-21-43(22-34-49)41-17-19-42(20-18-41)44-23-35-50(36-24-44)52(47-29-13-39(7-3)14-30-47)48-31-15-40(8-4)16-32-48/h9-36H,5-8H2,1-4H3. The van der Waals surface area contributed by atoms with E-state index in [4.69, 9.17) is 0 Å². The van der Waals surface area contributed by atoms with Crippen molar-refractivity contribution >= 4 is 34.1 Å². The quantitative estimate of drug-likeness (QED) is 0.127. The van der Waals surface area contributed by atoms with E-state index >= 15 is 0 Å². The van der Waals surface area contributed by atoms with Gasteiger partial charge in [-0.25, -0.2) is 0 Å². The van der Waals surface area contributed by atoms with Gasteiger partial charge in [-0.2, -0.15) is 0 Å². The van der Waals surface area contributed by atoms with Crippen LogP contribution < -0.4 is 9.80 Å². The minimum Gasteiger partial charge on any atom is -0.311 e. The molecule has 0 aliphatic carbocycles. The normalized spacial score (nSPS) is 11.0. The van der Waals surface area contributed by atoms with Gasteiger partial charge in [0, 0.05) is 34.1 Å². The Balaban J connectivity index is 1.12. The van der Waals surface area contributed by atoms with Crippen LogP contribution in [0.3, 0.4) is 0 Å². The summed E-state index contributed by atoms with van der Waals surface area (Å²) in [7, 11) is 0. The smallest absolute Gasteiger partial charge is 0.0462 e. The van der Waals surface area contributed by atoms with Gasteiger partial charge in [0.2, 0.25) is 0 Å². The van der Waals surface area contributed by atoms with Gasteiger partial charge in [0.15, 0.2) is 0 Å². The first-order valence-electron chi connectivity index (χ1n) is 18.8. The Bertz CT molecular complexity index is 1900. The van der Waals surface area contributed by atoms with Crippen LogP contribution in [-0.4, -0.2) is 0 Å². The van der Waals surface area contributed by atoms with Crippen molar-refractivity contribution in [2.75, 3.05) is 9.80 Å². The molecule has 0 aliphatic rings. The molecular weight excluding hydrogens is 629 g/mol. The van der Waals surface area contributed by atoms with Gasteiger partial charge in [0.25, 0.3) is 0 Å². The highest BCUT2D eigenvalue weighted by atomic mass is 15.1. The lowest BCUT2D eigenvalue weighted by atomic mass is 9.99. The van der Waals surface area contributed by atoms with E-state index in [1.54, 1.807) is 0 Å². The molecule has 7 aromatic carbocycles. The van der Waals surface area contributed by atoms with Gasteiger partial charge in [-0.15, -0.1) is 0 Å². The van der Waals surface area contributed by atoms with E-state index in [1.165, 1.54) is 44.5 Å². The van der Waals surface area contributed by atoms with Gasteiger partial charge >= 0.3 is 0 Å². The summed E-state index contributed by atoms with van der Waals surface area (Å²) in [6.07, 6.45) is 4.13. The van der Waals surface area contributed by atoms with Gasteiger partial charge < -0.3 is 9.80 Å². The first-order chi connectivity index (χ1) is 25.6. The zero-order valence-electron chi connectivity index (χ0n) is 30.9. The molecule has 0 saturated heterocycles. The van der Waals surface area contributed by atoms with Crippen molar-refractivity contribution in [3.8, 4) is 22.3 Å². The summed E-state index contributed by atoms with van der Waals surface area (Å²) in [6, 6.07) is 62.6. The van der Waals surface area contributed by atoms with Crippen LogP contribution in [-0.2, 0) is 25.7 Å². The molecule has 0 unspecified atom stereocenters. The summed E-state index contributed by atoms with van der Waals surface area (Å²) >= 11 is 0. The molecular formula is C50H48N2. The molecule has 0 atom stereocenters. The summed E-state index contributed by atoms with van der Waals surface area (Å²) in [4.78, 5) is 4.69. The van der Waals surface area contributed by atoms with Crippen molar-refractivity contribution in [1.29, 1.82) is 0 Å². The Labute approximate surface area is 310 Å². The molecule has 52 heavy (non-hydrogen) atoms. The van der Waals surface area contributed by atoms with Crippen LogP contribution in [0.25, 0.3) is 22.3 Å². The van der Waals surface area contributed by atoms with E-state index in [1.807, 2.05) is 0 Å². The second kappa shape index (κ2) is 16.0. The van der Waals surface area contributed by atoms with E-state index in [9.17, 15) is 0 Å². The van der Waals surface area contributed by atoms with Crippen LogP contribution in [0.5, 0.6) is 0 Å². The summed E-state index contributed by atoms with van der Waals surface area (Å²) < 4.78 is 0. The molecule has 0 fully saturated rings. The van der Waals surface area contributed by atoms with Gasteiger partial charge in [0.05, 0.1) is 0 Å². The highest BCUT2D eigenvalue weighted by Gasteiger charge is 2.15. The predicted octanol–water partition coefficient (Wildman–Crippen LogP) is 14.2. The molecule has 0 aliphatic heterocycles. The van der Waals surface area contributed by atoms with Crippen molar-refractivity contribution in [2.24, 2.45) is 0 Å². The largest absolute Gasteiger partial charge is 0.311 e. The SMILES string of the molecule is CCc1ccc(N(c2ccc(CC)cc2)c2ccc(-c3ccc(-c4ccc(N(c5ccc(CC)cc5)c5ccc(CC)cc5)cc4)cc3)cc2)cc1. The fourth-order valence-corrected chi connectivity index (χ4v) is 6.88. The first-order valence-corrected chi connectivity index (χ1v) is 18.8. The van der Waals surface area contributed by atoms with Crippen LogP contribution in [0, 0.1) is 0 Å². The molecule has 0 amide bonds. The molecule has 0 bridgehead atoms. The van der Waals surface area contributed by atoms with Gasteiger partial charge in [-0.1, -0.05) is 125 Å². The van der Waals surface area contributed by atoms with Gasteiger partial charge in [0.1, 0.15) is 0 Å². The molecule has 0 aromatic heterocycles. The minimum atomic E-state index is 1.03. The number of hydrogen-bond donors (Lipinski definition) is 0. The van der Waals surface area contributed by atoms with E-state index in [0.717, 1.165) is 59.8 Å². The number of nitrogens with zero attached hydrogens (tertiary/aromatic N) is 2. The maximum atomic E-state index is 2.34. The summed E-state index contributed by atoms with van der Waals surface area (Å²) in [5.74, 6) is 0. The summed E-state index contributed by atoms with van der Waals surface area (Å²) in [5, 5.41) is 0. The van der Waals surface area contributed by atoms with Gasteiger partial charge in [-0.05, 0) is 143 Å². The lowest BCUT2D eigenvalue weighted by molar-refractivity contribution is 1.13. The number of aryl methyl sites for hydroxylation is 4. The monoisotopic (exact) mass is 676 g/mol. The predicted molar refractivity (Wildman–Crippen MR) is 224 cm³/mol. The molecule has 2 nitrogen and oxygen atoms in total. The zero-order valence-corrected chi connectivity index (χ0v) is 30.9. The molecule has 0 N–H and O–H groups in total. The average molecular weight is 677 g/mol. The van der Waals surface area contributed by atoms with Crippen LogP contribution in [0.1, 0.15) is 49.9 Å². The molecule has 0 heterocycles. The number of anilines is 6. The number of hydrogen-bond acceptors (Lipinski definition) is 2. The first kappa shape index (κ1) is 34.6. The summed E-state index contributed by atoms with van der Waals surface area (Å²) in [5.41, 5.74) is 17.1. The minimum absolute atomic E-state index is 1.03. The molecule has 0 saturated carbocycles. The highest BCUT2D eigenvalue weighted by Crippen LogP contribution is 2.38. The number of benzene rings is 7. The third-order valence-electron chi connectivity index (χ3n) is 10.2. The van der Waals surface area contributed by atoms with Crippen LogP contribution in [0.2, 0.25) is 0 Å². The second-order valence-corrected chi connectivity index (χ2v) is 13.4. The molecule has 0 spiro atoms. The maximum absolute atomic E-state index is 2.34. The van der Waals surface area contributed by atoms with Crippen LogP contribution in [0.15, 0.2) is 170 Å². The second-order valence-electron chi connectivity index (χ2n) is 13.4. The van der Waals surface area contributed by atoms with E-state index in [-0.39, 0.29) is 0 Å². The van der Waals surface area contributed by atoms with Crippen molar-refractivity contribution in [1.82, 2.24) is 0 Å². The Kier molecular flexibility index (Phi) is 10.6. The van der Waals surface area contributed by atoms with E-state index in [0.29, 0.717) is 0 Å². The Morgan fingerprint density at radius 3 is 0.558 bits per heavy atom. The number of rotatable bonds is 12. The Morgan fingerprint density at radius 1 is 0.231 bits per heavy atom. The fraction of sp³-hybridized carbons (Fsp3) is 0.160. The van der Waals surface area contributed by atoms with Crippen LogP contribution in [0.4, 0.5) is 34.1 Å². The molecule has 0 radical (unpaired) electrons. The van der Waals surface area contributed by atoms with Crippen molar-refractivity contribution in [3.05, 3.63) is 192 Å². The van der Waals surface area contributed by atoms with Crippen LogP contribution >= 0.6 is 0 Å². The third kappa shape index (κ3) is 7.57. The van der Waals surface area contributed by atoms with E-state index in [2.05, 4.69) is 207 Å². The maximum Gasteiger partial charge on any atom is 0.0462 e. The van der Waals surface area contributed by atoms with E-state index < -0.39 is 0 Å². The average Bonchev–Trinajstić information content (AvgIpc) is 3.22. The molecule has 7 aromatic rings.